The van der Waals surface area contributed by atoms with E-state index in [2.05, 4.69) is 4.90 Å². The van der Waals surface area contributed by atoms with Gasteiger partial charge in [-0.3, -0.25) is 15.0 Å². The van der Waals surface area contributed by atoms with Crippen LogP contribution >= 0.6 is 0 Å². The summed E-state index contributed by atoms with van der Waals surface area (Å²) >= 11 is 0. The van der Waals surface area contributed by atoms with Gasteiger partial charge < -0.3 is 5.11 Å². The van der Waals surface area contributed by atoms with Crippen molar-refractivity contribution >= 4 is 5.69 Å². The van der Waals surface area contributed by atoms with E-state index in [1.54, 1.807) is 12.1 Å². The van der Waals surface area contributed by atoms with Crippen LogP contribution in [0.25, 0.3) is 0 Å². The smallest absolute Gasteiger partial charge is 0.272 e. The summed E-state index contributed by atoms with van der Waals surface area (Å²) < 4.78 is 0. The Morgan fingerprint density at radius 1 is 1.55 bits per heavy atom. The predicted molar refractivity (Wildman–Crippen MR) is 77.6 cm³/mol. The fourth-order valence-electron chi connectivity index (χ4n) is 3.02. The first-order chi connectivity index (χ1) is 9.49. The van der Waals surface area contributed by atoms with Gasteiger partial charge in [0.2, 0.25) is 0 Å². The lowest BCUT2D eigenvalue weighted by Crippen LogP contribution is -2.31. The van der Waals surface area contributed by atoms with Crippen LogP contribution in [0.5, 0.6) is 0 Å². The highest BCUT2D eigenvalue weighted by Crippen LogP contribution is 2.27. The molecule has 110 valence electrons. The van der Waals surface area contributed by atoms with Gasteiger partial charge in [-0.05, 0) is 45.2 Å². The number of benzene rings is 1. The predicted octanol–water partition coefficient (Wildman–Crippen LogP) is 2.64. The molecule has 1 fully saturated rings. The fourth-order valence-corrected chi connectivity index (χ4v) is 3.02. The molecule has 1 aromatic rings. The van der Waals surface area contributed by atoms with Gasteiger partial charge in [-0.25, -0.2) is 0 Å². The van der Waals surface area contributed by atoms with E-state index in [-0.39, 0.29) is 16.7 Å². The SMILES string of the molecule is Cc1c(CN2CCCC2CC(C)O)cccc1[N+](=O)[O-]. The van der Waals surface area contributed by atoms with Crippen molar-refractivity contribution in [3.8, 4) is 0 Å². The lowest BCUT2D eigenvalue weighted by atomic mass is 10.0. The van der Waals surface area contributed by atoms with Crippen LogP contribution in [0.2, 0.25) is 0 Å². The summed E-state index contributed by atoms with van der Waals surface area (Å²) in [5.41, 5.74) is 1.95. The molecule has 2 rings (SSSR count). The maximum Gasteiger partial charge on any atom is 0.272 e. The molecule has 1 aliphatic heterocycles. The topological polar surface area (TPSA) is 66.6 Å². The molecule has 0 aromatic heterocycles. The lowest BCUT2D eigenvalue weighted by molar-refractivity contribution is -0.385. The Bertz CT molecular complexity index is 488. The number of nitro groups is 1. The molecule has 0 radical (unpaired) electrons. The summed E-state index contributed by atoms with van der Waals surface area (Å²) in [4.78, 5) is 13.0. The first-order valence-corrected chi connectivity index (χ1v) is 7.14. The summed E-state index contributed by atoms with van der Waals surface area (Å²) in [5.74, 6) is 0. The van der Waals surface area contributed by atoms with E-state index in [1.165, 1.54) is 0 Å². The highest BCUT2D eigenvalue weighted by molar-refractivity contribution is 5.44. The van der Waals surface area contributed by atoms with E-state index in [1.807, 2.05) is 19.9 Å². The summed E-state index contributed by atoms with van der Waals surface area (Å²) in [6.07, 6.45) is 2.70. The standard InChI is InChI=1S/C15H22N2O3/c1-11(18)9-14-6-4-8-16(14)10-13-5-3-7-15(12(13)2)17(19)20/h3,5,7,11,14,18H,4,6,8-10H2,1-2H3. The Hall–Kier alpha value is -1.46. The molecule has 1 heterocycles. The Morgan fingerprint density at radius 3 is 2.95 bits per heavy atom. The van der Waals surface area contributed by atoms with Gasteiger partial charge in [0.25, 0.3) is 5.69 Å². The third-order valence-corrected chi connectivity index (χ3v) is 4.10. The number of hydrogen-bond acceptors (Lipinski definition) is 4. The van der Waals surface area contributed by atoms with E-state index in [0.29, 0.717) is 6.04 Å². The molecule has 1 saturated heterocycles. The van der Waals surface area contributed by atoms with Crippen LogP contribution < -0.4 is 0 Å². The second-order valence-electron chi connectivity index (χ2n) is 5.67. The second kappa shape index (κ2) is 6.33. The van der Waals surface area contributed by atoms with Crippen LogP contribution in [-0.2, 0) is 6.54 Å². The molecule has 0 aliphatic carbocycles. The van der Waals surface area contributed by atoms with Gasteiger partial charge in [0.1, 0.15) is 0 Å². The minimum atomic E-state index is -0.323. The van der Waals surface area contributed by atoms with E-state index >= 15 is 0 Å². The number of aliphatic hydroxyl groups excluding tert-OH is 1. The number of nitro benzene ring substituents is 1. The average molecular weight is 278 g/mol. The van der Waals surface area contributed by atoms with Crippen LogP contribution in [0.15, 0.2) is 18.2 Å². The van der Waals surface area contributed by atoms with Gasteiger partial charge in [-0.15, -0.1) is 0 Å². The van der Waals surface area contributed by atoms with E-state index < -0.39 is 0 Å². The average Bonchev–Trinajstić information content (AvgIpc) is 2.78. The number of rotatable bonds is 5. The monoisotopic (exact) mass is 278 g/mol. The largest absolute Gasteiger partial charge is 0.393 e. The van der Waals surface area contributed by atoms with Crippen molar-refractivity contribution in [3.63, 3.8) is 0 Å². The number of aliphatic hydroxyl groups is 1. The summed E-state index contributed by atoms with van der Waals surface area (Å²) in [6, 6.07) is 5.64. The minimum Gasteiger partial charge on any atom is -0.393 e. The van der Waals surface area contributed by atoms with Crippen molar-refractivity contribution in [2.75, 3.05) is 6.54 Å². The van der Waals surface area contributed by atoms with E-state index in [0.717, 1.165) is 43.5 Å². The van der Waals surface area contributed by atoms with Crippen molar-refractivity contribution in [3.05, 3.63) is 39.4 Å². The molecule has 2 unspecified atom stereocenters. The van der Waals surface area contributed by atoms with Gasteiger partial charge in [0.05, 0.1) is 11.0 Å². The normalized spacial score (nSPS) is 21.1. The summed E-state index contributed by atoms with van der Waals surface area (Å²) in [7, 11) is 0. The van der Waals surface area contributed by atoms with Gasteiger partial charge in [0.15, 0.2) is 0 Å². The molecule has 0 bridgehead atoms. The molecular formula is C15H22N2O3. The zero-order valence-corrected chi connectivity index (χ0v) is 12.1. The molecule has 1 N–H and O–H groups in total. The van der Waals surface area contributed by atoms with Crippen LogP contribution in [0.4, 0.5) is 5.69 Å². The van der Waals surface area contributed by atoms with Crippen molar-refractivity contribution in [2.24, 2.45) is 0 Å². The number of hydrogen-bond donors (Lipinski definition) is 1. The molecule has 2 atom stereocenters. The van der Waals surface area contributed by atoms with Gasteiger partial charge in [0, 0.05) is 24.2 Å². The molecule has 5 nitrogen and oxygen atoms in total. The maximum atomic E-state index is 11.0. The van der Waals surface area contributed by atoms with Gasteiger partial charge in [-0.2, -0.15) is 0 Å². The van der Waals surface area contributed by atoms with Gasteiger partial charge in [-0.1, -0.05) is 12.1 Å². The lowest BCUT2D eigenvalue weighted by Gasteiger charge is -2.26. The zero-order chi connectivity index (χ0) is 14.7. The Labute approximate surface area is 119 Å². The Morgan fingerprint density at radius 2 is 2.30 bits per heavy atom. The van der Waals surface area contributed by atoms with Crippen LogP contribution in [0.1, 0.15) is 37.3 Å². The van der Waals surface area contributed by atoms with Crippen molar-refractivity contribution in [1.82, 2.24) is 4.90 Å². The third kappa shape index (κ3) is 3.35. The number of likely N-dealkylation sites (tertiary alicyclic amines) is 1. The van der Waals surface area contributed by atoms with E-state index in [4.69, 9.17) is 0 Å². The van der Waals surface area contributed by atoms with Crippen LogP contribution in [0, 0.1) is 17.0 Å². The van der Waals surface area contributed by atoms with Gasteiger partial charge >= 0.3 is 0 Å². The third-order valence-electron chi connectivity index (χ3n) is 4.10. The summed E-state index contributed by atoms with van der Waals surface area (Å²) in [6.45, 7) is 5.35. The van der Waals surface area contributed by atoms with Crippen molar-refractivity contribution in [1.29, 1.82) is 0 Å². The molecule has 20 heavy (non-hydrogen) atoms. The second-order valence-corrected chi connectivity index (χ2v) is 5.67. The Kier molecular flexibility index (Phi) is 4.73. The molecule has 5 heteroatoms. The molecule has 0 spiro atoms. The number of nitrogens with zero attached hydrogens (tertiary/aromatic N) is 2. The Balaban J connectivity index is 2.13. The molecular weight excluding hydrogens is 256 g/mol. The molecule has 1 aromatic carbocycles. The van der Waals surface area contributed by atoms with Crippen molar-refractivity contribution < 1.29 is 10.0 Å². The highest BCUT2D eigenvalue weighted by Gasteiger charge is 2.26. The highest BCUT2D eigenvalue weighted by atomic mass is 16.6. The van der Waals surface area contributed by atoms with Crippen LogP contribution in [-0.4, -0.2) is 33.6 Å². The quantitative estimate of drug-likeness (QED) is 0.664. The molecule has 0 saturated carbocycles. The fraction of sp³-hybridized carbons (Fsp3) is 0.600. The van der Waals surface area contributed by atoms with Crippen molar-refractivity contribution in [2.45, 2.75) is 51.8 Å². The van der Waals surface area contributed by atoms with Crippen LogP contribution in [0.3, 0.4) is 0 Å². The maximum absolute atomic E-state index is 11.0. The summed E-state index contributed by atoms with van der Waals surface area (Å²) in [5, 5.41) is 20.5. The first-order valence-electron chi connectivity index (χ1n) is 7.14. The molecule has 1 aliphatic rings. The van der Waals surface area contributed by atoms with E-state index in [9.17, 15) is 15.2 Å². The minimum absolute atomic E-state index is 0.189. The molecule has 0 amide bonds. The first kappa shape index (κ1) is 14.9. The zero-order valence-electron chi connectivity index (χ0n) is 12.1.